The molecule has 0 radical (unpaired) electrons. The van der Waals surface area contributed by atoms with Crippen LogP contribution in [0, 0.1) is 5.92 Å². The summed E-state index contributed by atoms with van der Waals surface area (Å²) >= 11 is 1.64. The molecule has 0 N–H and O–H groups in total. The standard InChI is InChI=1S/C24H27N3O2S/c1-17(2)23(28)26(12-13-29-3)11-10-21-16-30-24-25-22(15-27(21)24)20-9-8-18-6-4-5-7-19(18)14-20/h4-9,14-17H,10-13H2,1-3H3. The number of carbonyl (C=O) groups is 1. The molecule has 156 valence electrons. The molecule has 6 heteroatoms. The van der Waals surface area contributed by atoms with Crippen molar-refractivity contribution in [3.63, 3.8) is 0 Å². The number of ether oxygens (including phenoxy) is 1. The lowest BCUT2D eigenvalue weighted by molar-refractivity contribution is -0.135. The average Bonchev–Trinajstić information content (AvgIpc) is 3.34. The second-order valence-electron chi connectivity index (χ2n) is 7.79. The molecule has 2 aromatic carbocycles. The third-order valence-corrected chi connectivity index (χ3v) is 6.23. The van der Waals surface area contributed by atoms with E-state index in [0.29, 0.717) is 19.7 Å². The number of amides is 1. The van der Waals surface area contributed by atoms with Gasteiger partial charge in [0.2, 0.25) is 5.91 Å². The van der Waals surface area contributed by atoms with Crippen LogP contribution in [0.5, 0.6) is 0 Å². The van der Waals surface area contributed by atoms with Gasteiger partial charge in [-0.3, -0.25) is 9.20 Å². The Bertz CT molecular complexity index is 1160. The van der Waals surface area contributed by atoms with Gasteiger partial charge in [-0.25, -0.2) is 4.98 Å². The van der Waals surface area contributed by atoms with Crippen LogP contribution in [0.4, 0.5) is 0 Å². The number of fused-ring (bicyclic) bond motifs is 2. The summed E-state index contributed by atoms with van der Waals surface area (Å²) in [4.78, 5) is 20.2. The van der Waals surface area contributed by atoms with Crippen LogP contribution in [0.25, 0.3) is 27.0 Å². The number of imidazole rings is 1. The summed E-state index contributed by atoms with van der Waals surface area (Å²) in [6.45, 7) is 5.73. The van der Waals surface area contributed by atoms with E-state index in [1.165, 1.54) is 16.5 Å². The van der Waals surface area contributed by atoms with Crippen molar-refractivity contribution in [2.45, 2.75) is 20.3 Å². The SMILES string of the molecule is COCCN(CCc1csc2nc(-c3ccc4ccccc4c3)cn12)C(=O)C(C)C. The number of methoxy groups -OCH3 is 1. The highest BCUT2D eigenvalue weighted by Gasteiger charge is 2.18. The van der Waals surface area contributed by atoms with Gasteiger partial charge in [0.15, 0.2) is 4.96 Å². The zero-order valence-corrected chi connectivity index (χ0v) is 18.5. The summed E-state index contributed by atoms with van der Waals surface area (Å²) in [6, 6.07) is 14.8. The van der Waals surface area contributed by atoms with Gasteiger partial charge in [-0.2, -0.15) is 0 Å². The van der Waals surface area contributed by atoms with E-state index in [-0.39, 0.29) is 11.8 Å². The van der Waals surface area contributed by atoms with E-state index in [2.05, 4.69) is 58.4 Å². The lowest BCUT2D eigenvalue weighted by Crippen LogP contribution is -2.38. The van der Waals surface area contributed by atoms with E-state index in [0.717, 1.165) is 22.6 Å². The highest BCUT2D eigenvalue weighted by molar-refractivity contribution is 7.15. The first kappa shape index (κ1) is 20.6. The fourth-order valence-corrected chi connectivity index (χ4v) is 4.55. The molecule has 0 aliphatic rings. The lowest BCUT2D eigenvalue weighted by Gasteiger charge is -2.24. The van der Waals surface area contributed by atoms with Crippen LogP contribution in [0.15, 0.2) is 54.0 Å². The quantitative estimate of drug-likeness (QED) is 0.407. The first-order valence-electron chi connectivity index (χ1n) is 10.3. The second-order valence-corrected chi connectivity index (χ2v) is 8.63. The minimum Gasteiger partial charge on any atom is -0.383 e. The first-order valence-corrected chi connectivity index (χ1v) is 11.2. The maximum Gasteiger partial charge on any atom is 0.225 e. The number of rotatable bonds is 8. The van der Waals surface area contributed by atoms with Crippen LogP contribution in [-0.4, -0.2) is 47.0 Å². The Balaban J connectivity index is 1.55. The Hall–Kier alpha value is -2.70. The summed E-state index contributed by atoms with van der Waals surface area (Å²) in [5.41, 5.74) is 3.27. The Labute approximate surface area is 180 Å². The predicted molar refractivity (Wildman–Crippen MR) is 123 cm³/mol. The van der Waals surface area contributed by atoms with Gasteiger partial charge in [-0.15, -0.1) is 11.3 Å². The molecule has 1 amide bonds. The monoisotopic (exact) mass is 421 g/mol. The van der Waals surface area contributed by atoms with Gasteiger partial charge in [0.25, 0.3) is 0 Å². The normalized spacial score (nSPS) is 11.6. The molecule has 5 nitrogen and oxygen atoms in total. The molecule has 2 heterocycles. The van der Waals surface area contributed by atoms with Crippen LogP contribution in [-0.2, 0) is 16.0 Å². The molecule has 4 rings (SSSR count). The average molecular weight is 422 g/mol. The highest BCUT2D eigenvalue weighted by atomic mass is 32.1. The third kappa shape index (κ3) is 4.25. The summed E-state index contributed by atoms with van der Waals surface area (Å²) in [5.74, 6) is 0.151. The number of hydrogen-bond acceptors (Lipinski definition) is 4. The number of hydrogen-bond donors (Lipinski definition) is 0. The molecule has 2 aromatic heterocycles. The van der Waals surface area contributed by atoms with Crippen molar-refractivity contribution in [3.8, 4) is 11.3 Å². The lowest BCUT2D eigenvalue weighted by atomic mass is 10.1. The van der Waals surface area contributed by atoms with Gasteiger partial charge < -0.3 is 9.64 Å². The summed E-state index contributed by atoms with van der Waals surface area (Å²) < 4.78 is 7.34. The molecule has 0 saturated heterocycles. The molecule has 0 aliphatic heterocycles. The van der Waals surface area contributed by atoms with Gasteiger partial charge in [-0.05, 0) is 16.8 Å². The summed E-state index contributed by atoms with van der Waals surface area (Å²) in [7, 11) is 1.67. The second kappa shape index (κ2) is 8.98. The van der Waals surface area contributed by atoms with Crippen LogP contribution in [0.2, 0.25) is 0 Å². The third-order valence-electron chi connectivity index (χ3n) is 5.34. The minimum atomic E-state index is -0.0166. The van der Waals surface area contributed by atoms with Crippen molar-refractivity contribution < 1.29 is 9.53 Å². The molecule has 0 saturated carbocycles. The fraction of sp³-hybridized carbons (Fsp3) is 0.333. The Kier molecular flexibility index (Phi) is 6.16. The maximum atomic E-state index is 12.5. The zero-order chi connectivity index (χ0) is 21.1. The van der Waals surface area contributed by atoms with E-state index < -0.39 is 0 Å². The van der Waals surface area contributed by atoms with E-state index in [9.17, 15) is 4.79 Å². The Morgan fingerprint density at radius 3 is 2.73 bits per heavy atom. The topological polar surface area (TPSA) is 46.8 Å². The van der Waals surface area contributed by atoms with Crippen LogP contribution >= 0.6 is 11.3 Å². The molecular weight excluding hydrogens is 394 g/mol. The van der Waals surface area contributed by atoms with Crippen LogP contribution in [0.3, 0.4) is 0 Å². The summed E-state index contributed by atoms with van der Waals surface area (Å²) in [5, 5.41) is 4.59. The molecule has 30 heavy (non-hydrogen) atoms. The largest absolute Gasteiger partial charge is 0.383 e. The van der Waals surface area contributed by atoms with Crippen molar-refractivity contribution in [2.24, 2.45) is 5.92 Å². The van der Waals surface area contributed by atoms with Gasteiger partial charge in [-0.1, -0.05) is 50.2 Å². The van der Waals surface area contributed by atoms with Gasteiger partial charge in [0.1, 0.15) is 0 Å². The van der Waals surface area contributed by atoms with Crippen LogP contribution in [0.1, 0.15) is 19.5 Å². The fourth-order valence-electron chi connectivity index (χ4n) is 3.65. The Morgan fingerprint density at radius 2 is 1.97 bits per heavy atom. The van der Waals surface area contributed by atoms with E-state index in [1.54, 1.807) is 18.4 Å². The maximum absolute atomic E-state index is 12.5. The van der Waals surface area contributed by atoms with Crippen molar-refractivity contribution >= 4 is 33.0 Å². The molecular formula is C24H27N3O2S. The predicted octanol–water partition coefficient (Wildman–Crippen LogP) is 4.89. The number of thiazole rings is 1. The zero-order valence-electron chi connectivity index (χ0n) is 17.7. The van der Waals surface area contributed by atoms with Crippen molar-refractivity contribution in [1.29, 1.82) is 0 Å². The molecule has 0 aliphatic carbocycles. The minimum absolute atomic E-state index is 0.0166. The van der Waals surface area contributed by atoms with Gasteiger partial charge >= 0.3 is 0 Å². The first-order chi connectivity index (χ1) is 14.6. The summed E-state index contributed by atoms with van der Waals surface area (Å²) in [6.07, 6.45) is 2.89. The highest BCUT2D eigenvalue weighted by Crippen LogP contribution is 2.27. The number of carbonyl (C=O) groups excluding carboxylic acids is 1. The molecule has 4 aromatic rings. The molecule has 0 bridgehead atoms. The molecule has 0 unspecified atom stereocenters. The van der Waals surface area contributed by atoms with E-state index in [4.69, 9.17) is 9.72 Å². The van der Waals surface area contributed by atoms with Gasteiger partial charge in [0, 0.05) is 55.4 Å². The number of benzene rings is 2. The van der Waals surface area contributed by atoms with E-state index >= 15 is 0 Å². The van der Waals surface area contributed by atoms with Crippen molar-refractivity contribution in [2.75, 3.05) is 26.8 Å². The Morgan fingerprint density at radius 1 is 1.17 bits per heavy atom. The molecule has 0 spiro atoms. The smallest absolute Gasteiger partial charge is 0.225 e. The number of nitrogens with zero attached hydrogens (tertiary/aromatic N) is 3. The van der Waals surface area contributed by atoms with Crippen LogP contribution < -0.4 is 0 Å². The molecule has 0 atom stereocenters. The van der Waals surface area contributed by atoms with Crippen molar-refractivity contribution in [1.82, 2.24) is 14.3 Å². The van der Waals surface area contributed by atoms with Gasteiger partial charge in [0.05, 0.1) is 12.3 Å². The van der Waals surface area contributed by atoms with Crippen molar-refractivity contribution in [3.05, 3.63) is 59.7 Å². The van der Waals surface area contributed by atoms with E-state index in [1.807, 2.05) is 18.7 Å². The number of aromatic nitrogens is 2. The molecule has 0 fully saturated rings.